The van der Waals surface area contributed by atoms with E-state index in [4.69, 9.17) is 0 Å². The summed E-state index contributed by atoms with van der Waals surface area (Å²) < 4.78 is 1.99. The minimum atomic E-state index is 0.294. The van der Waals surface area contributed by atoms with E-state index in [1.165, 1.54) is 16.7 Å². The third kappa shape index (κ3) is 2.99. The van der Waals surface area contributed by atoms with Gasteiger partial charge in [0, 0.05) is 6.20 Å². The number of aryl methyl sites for hydroxylation is 3. The Morgan fingerprint density at radius 3 is 2.33 bits per heavy atom. The van der Waals surface area contributed by atoms with Gasteiger partial charge in [0.1, 0.15) is 0 Å². The molecule has 0 radical (unpaired) electrons. The van der Waals surface area contributed by atoms with Crippen molar-refractivity contribution in [2.75, 3.05) is 7.05 Å². The van der Waals surface area contributed by atoms with Crippen LogP contribution in [-0.2, 0) is 6.54 Å². The van der Waals surface area contributed by atoms with Gasteiger partial charge in [-0.05, 0) is 39.4 Å². The van der Waals surface area contributed by atoms with Gasteiger partial charge >= 0.3 is 0 Å². The van der Waals surface area contributed by atoms with Gasteiger partial charge in [-0.3, -0.25) is 4.68 Å². The van der Waals surface area contributed by atoms with Gasteiger partial charge in [0.25, 0.3) is 0 Å². The standard InChI is InChI=1S/C15H21N3/c1-11-7-12(2)9-14(8-11)15(16-4)10-18-6-5-13(3)17-18/h5-9,15-16H,10H2,1-4H3. The molecule has 18 heavy (non-hydrogen) atoms. The normalized spacial score (nSPS) is 12.7. The van der Waals surface area contributed by atoms with Crippen LogP contribution in [0.4, 0.5) is 0 Å². The number of nitrogens with one attached hydrogen (secondary N) is 1. The van der Waals surface area contributed by atoms with E-state index in [9.17, 15) is 0 Å². The largest absolute Gasteiger partial charge is 0.311 e. The number of nitrogens with zero attached hydrogens (tertiary/aromatic N) is 2. The molecule has 0 amide bonds. The van der Waals surface area contributed by atoms with E-state index in [2.05, 4.69) is 42.5 Å². The average Bonchev–Trinajstić information content (AvgIpc) is 2.70. The van der Waals surface area contributed by atoms with Crippen LogP contribution in [0.3, 0.4) is 0 Å². The van der Waals surface area contributed by atoms with Gasteiger partial charge < -0.3 is 5.32 Å². The van der Waals surface area contributed by atoms with E-state index < -0.39 is 0 Å². The Labute approximate surface area is 109 Å². The van der Waals surface area contributed by atoms with E-state index in [0.29, 0.717) is 6.04 Å². The van der Waals surface area contributed by atoms with Crippen LogP contribution in [0.5, 0.6) is 0 Å². The molecule has 0 saturated heterocycles. The van der Waals surface area contributed by atoms with E-state index >= 15 is 0 Å². The first-order valence-electron chi connectivity index (χ1n) is 6.34. The highest BCUT2D eigenvalue weighted by Gasteiger charge is 2.11. The summed E-state index contributed by atoms with van der Waals surface area (Å²) in [6, 6.07) is 9.01. The molecule has 1 unspecified atom stereocenters. The van der Waals surface area contributed by atoms with Crippen molar-refractivity contribution >= 4 is 0 Å². The Morgan fingerprint density at radius 2 is 1.83 bits per heavy atom. The third-order valence-electron chi connectivity index (χ3n) is 3.14. The molecular weight excluding hydrogens is 222 g/mol. The molecule has 1 atom stereocenters. The number of hydrogen-bond donors (Lipinski definition) is 1. The second kappa shape index (κ2) is 5.36. The lowest BCUT2D eigenvalue weighted by Gasteiger charge is -2.18. The van der Waals surface area contributed by atoms with Crippen molar-refractivity contribution in [1.29, 1.82) is 0 Å². The topological polar surface area (TPSA) is 29.9 Å². The van der Waals surface area contributed by atoms with Crippen molar-refractivity contribution in [2.24, 2.45) is 0 Å². The van der Waals surface area contributed by atoms with Crippen molar-refractivity contribution in [1.82, 2.24) is 15.1 Å². The highest BCUT2D eigenvalue weighted by atomic mass is 15.3. The van der Waals surface area contributed by atoms with Gasteiger partial charge in [-0.2, -0.15) is 5.10 Å². The molecule has 3 heteroatoms. The molecule has 1 aromatic carbocycles. The summed E-state index contributed by atoms with van der Waals surface area (Å²) >= 11 is 0. The maximum absolute atomic E-state index is 4.45. The molecule has 2 aromatic rings. The molecule has 0 fully saturated rings. The second-order valence-corrected chi connectivity index (χ2v) is 4.94. The minimum absolute atomic E-state index is 0.294. The first kappa shape index (κ1) is 12.8. The van der Waals surface area contributed by atoms with Crippen LogP contribution in [0, 0.1) is 20.8 Å². The summed E-state index contributed by atoms with van der Waals surface area (Å²) in [5, 5.41) is 7.82. The third-order valence-corrected chi connectivity index (χ3v) is 3.14. The summed E-state index contributed by atoms with van der Waals surface area (Å²) in [5.41, 5.74) is 5.00. The van der Waals surface area contributed by atoms with Gasteiger partial charge in [-0.1, -0.05) is 29.3 Å². The summed E-state index contributed by atoms with van der Waals surface area (Å²) in [6.45, 7) is 7.15. The minimum Gasteiger partial charge on any atom is -0.311 e. The molecule has 1 N–H and O–H groups in total. The maximum atomic E-state index is 4.45. The Kier molecular flexibility index (Phi) is 3.82. The van der Waals surface area contributed by atoms with Crippen molar-refractivity contribution < 1.29 is 0 Å². The molecule has 96 valence electrons. The SMILES string of the molecule is CNC(Cn1ccc(C)n1)c1cc(C)cc(C)c1. The smallest absolute Gasteiger partial charge is 0.0604 e. The van der Waals surface area contributed by atoms with Crippen LogP contribution in [0.2, 0.25) is 0 Å². The molecule has 0 aliphatic heterocycles. The molecule has 1 aromatic heterocycles. The van der Waals surface area contributed by atoms with E-state index in [0.717, 1.165) is 12.2 Å². The first-order valence-corrected chi connectivity index (χ1v) is 6.34. The monoisotopic (exact) mass is 243 g/mol. The average molecular weight is 243 g/mol. The van der Waals surface area contributed by atoms with Gasteiger partial charge in [-0.25, -0.2) is 0 Å². The Balaban J connectivity index is 2.22. The van der Waals surface area contributed by atoms with Crippen LogP contribution in [-0.4, -0.2) is 16.8 Å². The van der Waals surface area contributed by atoms with E-state index in [-0.39, 0.29) is 0 Å². The molecule has 0 aliphatic carbocycles. The van der Waals surface area contributed by atoms with Gasteiger partial charge in [0.2, 0.25) is 0 Å². The van der Waals surface area contributed by atoms with Gasteiger partial charge in [0.15, 0.2) is 0 Å². The van der Waals surface area contributed by atoms with Crippen LogP contribution < -0.4 is 5.32 Å². The molecule has 0 saturated carbocycles. The summed E-state index contributed by atoms with van der Waals surface area (Å²) in [6.07, 6.45) is 2.03. The number of likely N-dealkylation sites (N-methyl/N-ethyl adjacent to an activating group) is 1. The van der Waals surface area contributed by atoms with Crippen molar-refractivity contribution in [3.8, 4) is 0 Å². The molecule has 0 aliphatic rings. The van der Waals surface area contributed by atoms with E-state index in [1.54, 1.807) is 0 Å². The maximum Gasteiger partial charge on any atom is 0.0604 e. The molecule has 2 rings (SSSR count). The Bertz CT molecular complexity index is 508. The van der Waals surface area contributed by atoms with Crippen LogP contribution in [0.1, 0.15) is 28.4 Å². The predicted octanol–water partition coefficient (Wildman–Crippen LogP) is 2.77. The predicted molar refractivity (Wildman–Crippen MR) is 74.7 cm³/mol. The summed E-state index contributed by atoms with van der Waals surface area (Å²) in [4.78, 5) is 0. The fourth-order valence-corrected chi connectivity index (χ4v) is 2.33. The van der Waals surface area contributed by atoms with Crippen LogP contribution in [0.25, 0.3) is 0 Å². The Morgan fingerprint density at radius 1 is 1.17 bits per heavy atom. The first-order chi connectivity index (χ1) is 8.58. The van der Waals surface area contributed by atoms with Crippen LogP contribution in [0.15, 0.2) is 30.5 Å². The summed E-state index contributed by atoms with van der Waals surface area (Å²) in [5.74, 6) is 0. The van der Waals surface area contributed by atoms with Gasteiger partial charge in [0.05, 0.1) is 18.3 Å². The summed E-state index contributed by atoms with van der Waals surface area (Å²) in [7, 11) is 2.00. The van der Waals surface area contributed by atoms with Crippen molar-refractivity contribution in [2.45, 2.75) is 33.4 Å². The van der Waals surface area contributed by atoms with E-state index in [1.807, 2.05) is 30.9 Å². The van der Waals surface area contributed by atoms with Gasteiger partial charge in [-0.15, -0.1) is 0 Å². The zero-order valence-corrected chi connectivity index (χ0v) is 11.6. The van der Waals surface area contributed by atoms with Crippen molar-refractivity contribution in [3.63, 3.8) is 0 Å². The highest BCUT2D eigenvalue weighted by molar-refractivity contribution is 5.30. The molecular formula is C15H21N3. The molecule has 0 spiro atoms. The lowest BCUT2D eigenvalue weighted by molar-refractivity contribution is 0.466. The second-order valence-electron chi connectivity index (χ2n) is 4.94. The quantitative estimate of drug-likeness (QED) is 0.895. The fraction of sp³-hybridized carbons (Fsp3) is 0.400. The lowest BCUT2D eigenvalue weighted by atomic mass is 10.0. The molecule has 3 nitrogen and oxygen atoms in total. The van der Waals surface area contributed by atoms with Crippen molar-refractivity contribution in [3.05, 3.63) is 52.8 Å². The zero-order chi connectivity index (χ0) is 13.1. The zero-order valence-electron chi connectivity index (χ0n) is 11.6. The highest BCUT2D eigenvalue weighted by Crippen LogP contribution is 2.18. The molecule has 0 bridgehead atoms. The molecule has 1 heterocycles. The number of hydrogen-bond acceptors (Lipinski definition) is 2. The lowest BCUT2D eigenvalue weighted by Crippen LogP contribution is -2.22. The number of benzene rings is 1. The fourth-order valence-electron chi connectivity index (χ4n) is 2.33. The number of rotatable bonds is 4. The Hall–Kier alpha value is -1.61. The number of aromatic nitrogens is 2. The van der Waals surface area contributed by atoms with Crippen LogP contribution >= 0.6 is 0 Å².